The second-order valence-corrected chi connectivity index (χ2v) is 4.47. The van der Waals surface area contributed by atoms with E-state index in [1.54, 1.807) is 0 Å². The Morgan fingerprint density at radius 2 is 2.27 bits per heavy atom. The van der Waals surface area contributed by atoms with Crippen LogP contribution in [0.15, 0.2) is 0 Å². The van der Waals surface area contributed by atoms with Gasteiger partial charge in [0.25, 0.3) is 0 Å². The lowest BCUT2D eigenvalue weighted by Gasteiger charge is -2.37. The molecule has 0 aliphatic carbocycles. The predicted octanol–water partition coefficient (Wildman–Crippen LogP) is 0.459. The molecule has 0 spiro atoms. The number of ketones is 1. The third-order valence-corrected chi connectivity index (χ3v) is 3.69. The molecule has 3 atom stereocenters. The van der Waals surface area contributed by atoms with Gasteiger partial charge in [0, 0.05) is 18.5 Å². The molecular formula is C11H17NO3. The average molecular weight is 211 g/mol. The number of rotatable bonds is 1. The summed E-state index contributed by atoms with van der Waals surface area (Å²) in [6.45, 7) is 3.50. The fourth-order valence-corrected chi connectivity index (χ4v) is 2.81. The van der Waals surface area contributed by atoms with E-state index in [1.807, 2.05) is 6.92 Å². The molecule has 0 saturated carbocycles. The van der Waals surface area contributed by atoms with Crippen LogP contribution in [-0.4, -0.2) is 42.9 Å². The average Bonchev–Trinajstić information content (AvgIpc) is 2.70. The monoisotopic (exact) mass is 211 g/mol. The summed E-state index contributed by atoms with van der Waals surface area (Å²) >= 11 is 0. The van der Waals surface area contributed by atoms with E-state index in [-0.39, 0.29) is 17.7 Å². The largest absolute Gasteiger partial charge is 0.468 e. The SMILES string of the molecule is COC(=O)C1CN2CCCC2[C@@H](C)C1=O. The molecule has 2 aliphatic rings. The van der Waals surface area contributed by atoms with E-state index < -0.39 is 5.92 Å². The van der Waals surface area contributed by atoms with E-state index in [2.05, 4.69) is 9.64 Å². The summed E-state index contributed by atoms with van der Waals surface area (Å²) in [5.74, 6) is -0.896. The van der Waals surface area contributed by atoms with Crippen molar-refractivity contribution in [3.8, 4) is 0 Å². The van der Waals surface area contributed by atoms with Crippen molar-refractivity contribution in [3.05, 3.63) is 0 Å². The van der Waals surface area contributed by atoms with Gasteiger partial charge in [-0.3, -0.25) is 14.5 Å². The first-order valence-corrected chi connectivity index (χ1v) is 5.50. The lowest BCUT2D eigenvalue weighted by molar-refractivity contribution is -0.154. The molecule has 0 bridgehead atoms. The Morgan fingerprint density at radius 1 is 1.53 bits per heavy atom. The molecule has 0 N–H and O–H groups in total. The van der Waals surface area contributed by atoms with Crippen molar-refractivity contribution in [2.45, 2.75) is 25.8 Å². The first-order chi connectivity index (χ1) is 7.15. The van der Waals surface area contributed by atoms with E-state index in [4.69, 9.17) is 0 Å². The van der Waals surface area contributed by atoms with Crippen molar-refractivity contribution < 1.29 is 14.3 Å². The Hall–Kier alpha value is -0.900. The molecule has 4 nitrogen and oxygen atoms in total. The van der Waals surface area contributed by atoms with Gasteiger partial charge in [-0.1, -0.05) is 6.92 Å². The molecule has 2 unspecified atom stereocenters. The zero-order valence-corrected chi connectivity index (χ0v) is 9.23. The van der Waals surface area contributed by atoms with Crippen LogP contribution in [0.25, 0.3) is 0 Å². The summed E-state index contributed by atoms with van der Waals surface area (Å²) in [5, 5.41) is 0. The molecule has 2 aliphatic heterocycles. The number of esters is 1. The van der Waals surface area contributed by atoms with Crippen molar-refractivity contribution in [2.75, 3.05) is 20.2 Å². The summed E-state index contributed by atoms with van der Waals surface area (Å²) in [6.07, 6.45) is 2.22. The van der Waals surface area contributed by atoms with Crippen molar-refractivity contribution in [1.82, 2.24) is 4.90 Å². The van der Waals surface area contributed by atoms with Gasteiger partial charge in [-0.15, -0.1) is 0 Å². The maximum atomic E-state index is 11.9. The number of nitrogens with zero attached hydrogens (tertiary/aromatic N) is 1. The van der Waals surface area contributed by atoms with Crippen LogP contribution in [0.2, 0.25) is 0 Å². The van der Waals surface area contributed by atoms with Gasteiger partial charge in [0.15, 0.2) is 5.78 Å². The van der Waals surface area contributed by atoms with Crippen LogP contribution in [0.3, 0.4) is 0 Å². The topological polar surface area (TPSA) is 46.6 Å². The number of ether oxygens (including phenoxy) is 1. The van der Waals surface area contributed by atoms with Crippen LogP contribution in [0.4, 0.5) is 0 Å². The molecule has 2 rings (SSSR count). The number of hydrogen-bond acceptors (Lipinski definition) is 4. The lowest BCUT2D eigenvalue weighted by atomic mass is 9.83. The highest BCUT2D eigenvalue weighted by Crippen LogP contribution is 2.32. The number of carbonyl (C=O) groups is 2. The Labute approximate surface area is 89.6 Å². The summed E-state index contributed by atoms with van der Waals surface area (Å²) in [7, 11) is 1.34. The van der Waals surface area contributed by atoms with E-state index in [0.29, 0.717) is 12.6 Å². The minimum absolute atomic E-state index is 0.0228. The fourth-order valence-electron chi connectivity index (χ4n) is 2.81. The second-order valence-electron chi connectivity index (χ2n) is 4.47. The first kappa shape index (κ1) is 10.6. The standard InChI is InChI=1S/C11H17NO3/c1-7-9-4-3-5-12(9)6-8(10(7)13)11(14)15-2/h7-9H,3-6H2,1-2H3/t7-,8?,9?/m1/s1. The van der Waals surface area contributed by atoms with Gasteiger partial charge in [0.1, 0.15) is 5.92 Å². The fraction of sp³-hybridized carbons (Fsp3) is 0.818. The molecule has 0 amide bonds. The third-order valence-electron chi connectivity index (χ3n) is 3.69. The Bertz CT molecular complexity index is 290. The molecular weight excluding hydrogens is 194 g/mol. The minimum Gasteiger partial charge on any atom is -0.468 e. The van der Waals surface area contributed by atoms with Crippen LogP contribution in [0.5, 0.6) is 0 Å². The molecule has 2 heterocycles. The van der Waals surface area contributed by atoms with E-state index in [0.717, 1.165) is 19.4 Å². The smallest absolute Gasteiger partial charge is 0.317 e. The summed E-state index contributed by atoms with van der Waals surface area (Å²) in [4.78, 5) is 25.6. The van der Waals surface area contributed by atoms with E-state index in [1.165, 1.54) is 7.11 Å². The van der Waals surface area contributed by atoms with Crippen molar-refractivity contribution in [3.63, 3.8) is 0 Å². The van der Waals surface area contributed by atoms with Crippen molar-refractivity contribution in [1.29, 1.82) is 0 Å². The quantitative estimate of drug-likeness (QED) is 0.467. The maximum absolute atomic E-state index is 11.9. The van der Waals surface area contributed by atoms with Crippen LogP contribution in [-0.2, 0) is 14.3 Å². The minimum atomic E-state index is -0.556. The van der Waals surface area contributed by atoms with Gasteiger partial charge in [-0.2, -0.15) is 0 Å². The normalized spacial score (nSPS) is 36.4. The zero-order valence-electron chi connectivity index (χ0n) is 9.23. The van der Waals surface area contributed by atoms with Gasteiger partial charge < -0.3 is 4.74 Å². The molecule has 2 saturated heterocycles. The molecule has 0 aromatic rings. The van der Waals surface area contributed by atoms with Gasteiger partial charge in [0.2, 0.25) is 0 Å². The number of carbonyl (C=O) groups excluding carboxylic acids is 2. The highest BCUT2D eigenvalue weighted by atomic mass is 16.5. The highest BCUT2D eigenvalue weighted by Gasteiger charge is 2.45. The molecule has 0 aromatic heterocycles. The number of fused-ring (bicyclic) bond motifs is 1. The Morgan fingerprint density at radius 3 is 2.93 bits per heavy atom. The molecule has 0 radical (unpaired) electrons. The van der Waals surface area contributed by atoms with E-state index >= 15 is 0 Å². The van der Waals surface area contributed by atoms with E-state index in [9.17, 15) is 9.59 Å². The zero-order chi connectivity index (χ0) is 11.0. The van der Waals surface area contributed by atoms with Gasteiger partial charge in [0.05, 0.1) is 7.11 Å². The number of methoxy groups -OCH3 is 1. The summed E-state index contributed by atoms with van der Waals surface area (Å²) in [6, 6.07) is 0.360. The predicted molar refractivity (Wildman–Crippen MR) is 54.3 cm³/mol. The van der Waals surface area contributed by atoms with Gasteiger partial charge >= 0.3 is 5.97 Å². The van der Waals surface area contributed by atoms with Crippen LogP contribution >= 0.6 is 0 Å². The molecule has 2 fully saturated rings. The van der Waals surface area contributed by atoms with Crippen LogP contribution < -0.4 is 0 Å². The molecule has 15 heavy (non-hydrogen) atoms. The second kappa shape index (κ2) is 3.93. The molecule has 0 aromatic carbocycles. The van der Waals surface area contributed by atoms with Gasteiger partial charge in [-0.25, -0.2) is 0 Å². The van der Waals surface area contributed by atoms with Crippen molar-refractivity contribution in [2.24, 2.45) is 11.8 Å². The maximum Gasteiger partial charge on any atom is 0.317 e. The van der Waals surface area contributed by atoms with Crippen LogP contribution in [0.1, 0.15) is 19.8 Å². The van der Waals surface area contributed by atoms with Gasteiger partial charge in [-0.05, 0) is 19.4 Å². The number of hydrogen-bond donors (Lipinski definition) is 0. The summed E-state index contributed by atoms with van der Waals surface area (Å²) < 4.78 is 4.67. The Kier molecular flexibility index (Phi) is 2.78. The first-order valence-electron chi connectivity index (χ1n) is 5.50. The number of piperidine rings is 1. The summed E-state index contributed by atoms with van der Waals surface area (Å²) in [5.41, 5.74) is 0. The molecule has 4 heteroatoms. The Balaban J connectivity index is 2.16. The third kappa shape index (κ3) is 1.67. The van der Waals surface area contributed by atoms with Crippen molar-refractivity contribution >= 4 is 11.8 Å². The number of Topliss-reactive ketones (excluding diaryl/α,β-unsaturated/α-hetero) is 1. The highest BCUT2D eigenvalue weighted by molar-refractivity contribution is 6.01. The lowest BCUT2D eigenvalue weighted by Crippen LogP contribution is -2.52. The molecule has 84 valence electrons. The van der Waals surface area contributed by atoms with Crippen LogP contribution in [0, 0.1) is 11.8 Å².